The number of carbonyl (C=O) groups excluding carboxylic acids is 2. The Morgan fingerprint density at radius 3 is 1.36 bits per heavy atom. The van der Waals surface area contributed by atoms with Crippen molar-refractivity contribution < 1.29 is 29.6 Å². The Labute approximate surface area is 443 Å². The molecule has 1 aliphatic heterocycles. The lowest BCUT2D eigenvalue weighted by Gasteiger charge is -2.34. The van der Waals surface area contributed by atoms with Crippen molar-refractivity contribution in [2.45, 2.75) is 187 Å². The number of hydrogen-bond acceptors (Lipinski definition) is 6. The molecule has 390 valence electrons. The zero-order valence-corrected chi connectivity index (χ0v) is 45.7. The third kappa shape index (κ3) is 12.3. The molecule has 0 atom stereocenters. The van der Waals surface area contributed by atoms with E-state index in [0.717, 1.165) is 135 Å². The summed E-state index contributed by atoms with van der Waals surface area (Å²) in [6, 6.07) is 32.8. The highest BCUT2D eigenvalue weighted by molar-refractivity contribution is 6.21. The summed E-state index contributed by atoms with van der Waals surface area (Å²) in [6.45, 7) is 18.3. The summed E-state index contributed by atoms with van der Waals surface area (Å²) < 4.78 is 6.18. The Kier molecular flexibility index (Phi) is 18.4. The number of amides is 2. The molecule has 5 aromatic rings. The highest BCUT2D eigenvalue weighted by Gasteiger charge is 2.36. The molecule has 0 unspecified atom stereocenters. The second kappa shape index (κ2) is 24.5. The largest absolute Gasteiger partial charge is 0.508 e. The van der Waals surface area contributed by atoms with Crippen molar-refractivity contribution in [3.63, 3.8) is 0 Å². The number of aromatic hydroxyl groups is 1. The van der Waals surface area contributed by atoms with Gasteiger partial charge in [0.2, 0.25) is 0 Å². The van der Waals surface area contributed by atoms with Crippen LogP contribution in [-0.4, -0.2) is 56.4 Å². The van der Waals surface area contributed by atoms with Gasteiger partial charge in [-0.2, -0.15) is 0 Å². The second-order valence-electron chi connectivity index (χ2n) is 21.5. The van der Waals surface area contributed by atoms with Crippen LogP contribution in [0.15, 0.2) is 97.1 Å². The van der Waals surface area contributed by atoms with Gasteiger partial charge in [0.05, 0.1) is 17.7 Å². The van der Waals surface area contributed by atoms with Gasteiger partial charge >= 0.3 is 0 Å². The number of rotatable bonds is 15. The smallest absolute Gasteiger partial charge is 0.261 e. The van der Waals surface area contributed by atoms with Crippen LogP contribution in [0.2, 0.25) is 0 Å². The van der Waals surface area contributed by atoms with E-state index in [1.807, 2.05) is 13.0 Å². The third-order valence-electron chi connectivity index (χ3n) is 16.8. The van der Waals surface area contributed by atoms with E-state index in [2.05, 4.69) is 139 Å². The van der Waals surface area contributed by atoms with Gasteiger partial charge in [0.1, 0.15) is 22.7 Å². The molecule has 74 heavy (non-hydrogen) atoms. The molecular formula is C67H81NO6. The Morgan fingerprint density at radius 1 is 0.527 bits per heavy atom. The quantitative estimate of drug-likeness (QED) is 0.0548. The van der Waals surface area contributed by atoms with Gasteiger partial charge in [0.25, 0.3) is 11.8 Å². The van der Waals surface area contributed by atoms with Gasteiger partial charge in [-0.1, -0.05) is 125 Å². The van der Waals surface area contributed by atoms with Crippen LogP contribution in [0.3, 0.4) is 0 Å². The predicted octanol–water partition coefficient (Wildman–Crippen LogP) is 14.5. The fourth-order valence-corrected chi connectivity index (χ4v) is 11.8. The van der Waals surface area contributed by atoms with Gasteiger partial charge in [-0.05, 0) is 205 Å². The van der Waals surface area contributed by atoms with Crippen molar-refractivity contribution in [3.8, 4) is 35.2 Å². The van der Waals surface area contributed by atoms with Crippen LogP contribution in [0, 0.1) is 51.4 Å². The molecule has 0 bridgehead atoms. The number of ether oxygens (including phenoxy) is 1. The Hall–Kier alpha value is -6.12. The average Bonchev–Trinajstić information content (AvgIpc) is 3.64. The fraction of sp³-hybridized carbons (Fsp3) is 0.463. The molecule has 3 N–H and O–H groups in total. The minimum absolute atomic E-state index is 0.0866. The van der Waals surface area contributed by atoms with Crippen LogP contribution in [0.25, 0.3) is 0 Å². The van der Waals surface area contributed by atoms with Crippen LogP contribution in [-0.2, 0) is 10.8 Å². The van der Waals surface area contributed by atoms with Crippen LogP contribution in [0.1, 0.15) is 213 Å². The first-order valence-corrected chi connectivity index (χ1v) is 27.8. The van der Waals surface area contributed by atoms with E-state index in [4.69, 9.17) is 4.74 Å². The SMILES string of the molecule is CCC(CC)(c1ccc(C#CC2(O)CCCCC2)c(C)c1)c1ccc(OCCCCCN2C(=O)c3ccccc3C2=O)c(C)c1.CCC(CC)(c1ccc(O)c(C)c1)c1ccc(C#CC2(O)CCCCC2)c(C)c1. The molecule has 8 rings (SSSR count). The highest BCUT2D eigenvalue weighted by Crippen LogP contribution is 2.43. The average molecular weight is 996 g/mol. The summed E-state index contributed by atoms with van der Waals surface area (Å²) >= 11 is 0. The number of phenolic OH excluding ortho intramolecular Hbond substituents is 1. The number of aryl methyl sites for hydroxylation is 4. The van der Waals surface area contributed by atoms with Crippen LogP contribution >= 0.6 is 0 Å². The maximum atomic E-state index is 12.6. The molecule has 5 aromatic carbocycles. The fourth-order valence-electron chi connectivity index (χ4n) is 11.8. The number of nitrogens with zero attached hydrogens (tertiary/aromatic N) is 1. The zero-order chi connectivity index (χ0) is 53.1. The normalized spacial score (nSPS) is 16.0. The minimum Gasteiger partial charge on any atom is -0.508 e. The lowest BCUT2D eigenvalue weighted by atomic mass is 9.70. The molecule has 7 nitrogen and oxygen atoms in total. The van der Waals surface area contributed by atoms with Crippen LogP contribution < -0.4 is 4.74 Å². The van der Waals surface area contributed by atoms with Gasteiger partial charge in [-0.3, -0.25) is 14.5 Å². The summed E-state index contributed by atoms with van der Waals surface area (Å²) in [5.74, 6) is 13.8. The van der Waals surface area contributed by atoms with Crippen molar-refractivity contribution >= 4 is 11.8 Å². The summed E-state index contributed by atoms with van der Waals surface area (Å²) in [6.07, 6.45) is 16.1. The maximum absolute atomic E-state index is 12.6. The Bertz CT molecular complexity index is 2870. The summed E-state index contributed by atoms with van der Waals surface area (Å²) in [5.41, 5.74) is 10.6. The van der Waals surface area contributed by atoms with Crippen molar-refractivity contribution in [2.24, 2.45) is 0 Å². The third-order valence-corrected chi connectivity index (χ3v) is 16.8. The monoisotopic (exact) mass is 996 g/mol. The lowest BCUT2D eigenvalue weighted by molar-refractivity contribution is 0.0606. The Balaban J connectivity index is 0.000000238. The number of imide groups is 1. The summed E-state index contributed by atoms with van der Waals surface area (Å²) in [4.78, 5) is 26.5. The molecule has 1 heterocycles. The first kappa shape index (κ1) is 55.6. The molecule has 2 amide bonds. The lowest BCUT2D eigenvalue weighted by Crippen LogP contribution is -2.30. The van der Waals surface area contributed by atoms with Gasteiger partial charge < -0.3 is 20.1 Å². The van der Waals surface area contributed by atoms with E-state index < -0.39 is 11.2 Å². The molecule has 3 aliphatic rings. The van der Waals surface area contributed by atoms with E-state index in [-0.39, 0.29) is 22.6 Å². The van der Waals surface area contributed by atoms with Gasteiger partial charge in [0, 0.05) is 28.5 Å². The number of unbranched alkanes of at least 4 members (excludes halogenated alkanes) is 2. The van der Waals surface area contributed by atoms with Crippen molar-refractivity contribution in [3.05, 3.63) is 164 Å². The molecule has 2 aliphatic carbocycles. The minimum atomic E-state index is -0.844. The van der Waals surface area contributed by atoms with Gasteiger partial charge in [-0.15, -0.1) is 0 Å². The standard InChI is InChI=1S/C40H47NO4.C27H34O2/c1-5-40(6-2,32-18-17-31(29(3)27-32)21-24-39(44)22-11-7-12-23-39)33-19-20-36(30(4)28-33)45-26-14-8-13-25-41-37(42)34-15-9-10-16-35(34)38(41)43;1-5-27(6-2,24-12-13-25(28)21(4)19-24)23-11-10-22(20(3)18-23)14-17-26(29)15-8-7-9-16-26/h9-10,15-20,27-28,44H,5-8,11-14,22-23,25-26H2,1-4H3;10-13,18-19,28-29H,5-9,15-16H2,1-4H3. The van der Waals surface area contributed by atoms with E-state index in [9.17, 15) is 24.9 Å². The summed E-state index contributed by atoms with van der Waals surface area (Å²) in [5, 5.41) is 31.5. The second-order valence-corrected chi connectivity index (χ2v) is 21.5. The number of phenols is 1. The van der Waals surface area contributed by atoms with Crippen LogP contribution in [0.5, 0.6) is 11.5 Å². The molecule has 0 saturated heterocycles. The Morgan fingerprint density at radius 2 is 0.946 bits per heavy atom. The van der Waals surface area contributed by atoms with Gasteiger partial charge in [-0.25, -0.2) is 0 Å². The first-order chi connectivity index (χ1) is 35.5. The molecule has 0 radical (unpaired) electrons. The molecule has 2 fully saturated rings. The maximum Gasteiger partial charge on any atom is 0.261 e. The topological polar surface area (TPSA) is 107 Å². The van der Waals surface area contributed by atoms with Gasteiger partial charge in [0.15, 0.2) is 0 Å². The van der Waals surface area contributed by atoms with E-state index >= 15 is 0 Å². The first-order valence-electron chi connectivity index (χ1n) is 27.8. The predicted molar refractivity (Wildman–Crippen MR) is 300 cm³/mol. The number of hydrogen-bond donors (Lipinski definition) is 3. The molecule has 7 heteroatoms. The molecular weight excluding hydrogens is 915 g/mol. The highest BCUT2D eigenvalue weighted by atomic mass is 16.5. The molecule has 0 spiro atoms. The number of aliphatic hydroxyl groups is 2. The van der Waals surface area contributed by atoms with Crippen molar-refractivity contribution in [1.82, 2.24) is 4.90 Å². The van der Waals surface area contributed by atoms with Crippen LogP contribution in [0.4, 0.5) is 0 Å². The van der Waals surface area contributed by atoms with E-state index in [0.29, 0.717) is 30.0 Å². The van der Waals surface area contributed by atoms with E-state index in [1.165, 1.54) is 40.0 Å². The van der Waals surface area contributed by atoms with Crippen molar-refractivity contribution in [2.75, 3.05) is 13.2 Å². The molecule has 0 aromatic heterocycles. The number of fused-ring (bicyclic) bond motifs is 1. The molecule has 2 saturated carbocycles. The number of benzene rings is 5. The van der Waals surface area contributed by atoms with Crippen molar-refractivity contribution in [1.29, 1.82) is 0 Å². The summed E-state index contributed by atoms with van der Waals surface area (Å²) in [7, 11) is 0. The van der Waals surface area contributed by atoms with E-state index in [1.54, 1.807) is 24.3 Å². The zero-order valence-electron chi connectivity index (χ0n) is 45.7. The number of carbonyl (C=O) groups is 2.